The lowest BCUT2D eigenvalue weighted by atomic mass is 9.99. The van der Waals surface area contributed by atoms with E-state index in [0.717, 1.165) is 5.56 Å². The maximum absolute atomic E-state index is 11.0. The van der Waals surface area contributed by atoms with Crippen molar-refractivity contribution in [2.75, 3.05) is 20.3 Å². The summed E-state index contributed by atoms with van der Waals surface area (Å²) in [5.74, 6) is 0.540. The lowest BCUT2D eigenvalue weighted by molar-refractivity contribution is -0.141. The van der Waals surface area contributed by atoms with Gasteiger partial charge in [-0.2, -0.15) is 0 Å². The van der Waals surface area contributed by atoms with E-state index in [-0.39, 0.29) is 0 Å². The van der Waals surface area contributed by atoms with E-state index in [1.807, 2.05) is 0 Å². The zero-order valence-electron chi connectivity index (χ0n) is 10.4. The third-order valence-electron chi connectivity index (χ3n) is 2.92. The predicted molar refractivity (Wildman–Crippen MR) is 64.5 cm³/mol. The molecule has 5 heteroatoms. The topological polar surface area (TPSA) is 65.0 Å². The molecule has 0 saturated heterocycles. The predicted octanol–water partition coefficient (Wildman–Crippen LogP) is 1.73. The summed E-state index contributed by atoms with van der Waals surface area (Å²) in [4.78, 5) is 11.0. The number of carboxylic acid groups (broad SMARTS) is 1. The molecule has 1 aliphatic heterocycles. The Balaban J connectivity index is 2.38. The van der Waals surface area contributed by atoms with Crippen molar-refractivity contribution in [1.29, 1.82) is 0 Å². The van der Waals surface area contributed by atoms with Crippen molar-refractivity contribution in [1.82, 2.24) is 0 Å². The van der Waals surface area contributed by atoms with Crippen LogP contribution in [0.15, 0.2) is 12.1 Å². The number of carbonyl (C=O) groups is 1. The molecular formula is C13H16O5. The average Bonchev–Trinajstić information content (AvgIpc) is 2.39. The Bertz CT molecular complexity index is 455. The summed E-state index contributed by atoms with van der Waals surface area (Å²) < 4.78 is 16.3. The maximum atomic E-state index is 11.0. The molecule has 0 aromatic heterocycles. The lowest BCUT2D eigenvalue weighted by Gasteiger charge is -2.23. The van der Waals surface area contributed by atoms with Crippen molar-refractivity contribution < 1.29 is 24.1 Å². The van der Waals surface area contributed by atoms with Crippen LogP contribution in [0.3, 0.4) is 0 Å². The van der Waals surface area contributed by atoms with Crippen LogP contribution < -0.4 is 14.2 Å². The van der Waals surface area contributed by atoms with Gasteiger partial charge in [0.05, 0.1) is 13.0 Å². The molecule has 1 N–H and O–H groups in total. The average molecular weight is 252 g/mol. The Labute approximate surface area is 105 Å². The fourth-order valence-electron chi connectivity index (χ4n) is 1.93. The Morgan fingerprint density at radius 2 is 2.17 bits per heavy atom. The van der Waals surface area contributed by atoms with Gasteiger partial charge in [-0.05, 0) is 18.6 Å². The van der Waals surface area contributed by atoms with E-state index in [0.29, 0.717) is 36.9 Å². The molecule has 1 unspecified atom stereocenters. The third kappa shape index (κ3) is 2.34. The molecule has 1 aromatic rings. The number of rotatable bonds is 4. The van der Waals surface area contributed by atoms with Crippen molar-refractivity contribution in [3.63, 3.8) is 0 Å². The molecule has 1 heterocycles. The molecule has 98 valence electrons. The zero-order valence-corrected chi connectivity index (χ0v) is 10.4. The number of aliphatic carboxylic acids is 1. The van der Waals surface area contributed by atoms with Crippen LogP contribution in [-0.2, 0) is 11.2 Å². The molecule has 0 saturated carbocycles. The van der Waals surface area contributed by atoms with Crippen molar-refractivity contribution in [2.24, 2.45) is 5.92 Å². The second kappa shape index (κ2) is 5.16. The van der Waals surface area contributed by atoms with E-state index in [9.17, 15) is 4.79 Å². The van der Waals surface area contributed by atoms with Gasteiger partial charge < -0.3 is 19.3 Å². The minimum Gasteiger partial charge on any atom is -0.496 e. The Morgan fingerprint density at radius 1 is 1.44 bits per heavy atom. The fraction of sp³-hybridized carbons (Fsp3) is 0.462. The first-order valence-corrected chi connectivity index (χ1v) is 5.81. The summed E-state index contributed by atoms with van der Waals surface area (Å²) >= 11 is 0. The molecule has 0 radical (unpaired) electrons. The van der Waals surface area contributed by atoms with Gasteiger partial charge in [-0.3, -0.25) is 4.79 Å². The van der Waals surface area contributed by atoms with Crippen LogP contribution in [0.2, 0.25) is 0 Å². The first-order chi connectivity index (χ1) is 8.63. The third-order valence-corrected chi connectivity index (χ3v) is 2.92. The van der Waals surface area contributed by atoms with E-state index < -0.39 is 11.9 Å². The number of fused-ring (bicyclic) bond motifs is 1. The van der Waals surface area contributed by atoms with Crippen molar-refractivity contribution in [2.45, 2.75) is 13.3 Å². The quantitative estimate of drug-likeness (QED) is 0.884. The molecule has 0 fully saturated rings. The summed E-state index contributed by atoms with van der Waals surface area (Å²) in [6, 6.07) is 3.56. The van der Waals surface area contributed by atoms with Crippen LogP contribution >= 0.6 is 0 Å². The molecule has 2 rings (SSSR count). The van der Waals surface area contributed by atoms with Crippen LogP contribution in [0.5, 0.6) is 17.2 Å². The summed E-state index contributed by atoms with van der Waals surface area (Å²) in [6.45, 7) is 2.63. The standard InChI is InChI=1S/C13H16O5/c1-8(13(14)15)7-9-10(16-2)3-4-11-12(9)18-6-5-17-11/h3-4,8H,5-7H2,1-2H3,(H,14,15). The summed E-state index contributed by atoms with van der Waals surface area (Å²) in [6.07, 6.45) is 0.352. The van der Waals surface area contributed by atoms with Gasteiger partial charge in [0.1, 0.15) is 19.0 Å². The monoisotopic (exact) mass is 252 g/mol. The summed E-state index contributed by atoms with van der Waals surface area (Å²) in [7, 11) is 1.56. The number of ether oxygens (including phenoxy) is 3. The van der Waals surface area contributed by atoms with Crippen LogP contribution in [0.1, 0.15) is 12.5 Å². The second-order valence-corrected chi connectivity index (χ2v) is 4.21. The van der Waals surface area contributed by atoms with Gasteiger partial charge in [0, 0.05) is 5.56 Å². The van der Waals surface area contributed by atoms with Gasteiger partial charge in [-0.1, -0.05) is 6.92 Å². The molecule has 1 aliphatic rings. The largest absolute Gasteiger partial charge is 0.496 e. The molecule has 18 heavy (non-hydrogen) atoms. The molecule has 1 atom stereocenters. The van der Waals surface area contributed by atoms with Crippen LogP contribution in [0.4, 0.5) is 0 Å². The van der Waals surface area contributed by atoms with Crippen LogP contribution in [0, 0.1) is 5.92 Å². The highest BCUT2D eigenvalue weighted by Gasteiger charge is 2.23. The highest BCUT2D eigenvalue weighted by molar-refractivity contribution is 5.70. The van der Waals surface area contributed by atoms with Gasteiger partial charge in [0.2, 0.25) is 0 Å². The number of methoxy groups -OCH3 is 1. The minimum absolute atomic E-state index is 0.352. The fourth-order valence-corrected chi connectivity index (χ4v) is 1.93. The lowest BCUT2D eigenvalue weighted by Crippen LogP contribution is -2.19. The van der Waals surface area contributed by atoms with Gasteiger partial charge in [-0.15, -0.1) is 0 Å². The normalized spacial score (nSPS) is 15.0. The van der Waals surface area contributed by atoms with E-state index in [4.69, 9.17) is 19.3 Å². The highest BCUT2D eigenvalue weighted by Crippen LogP contribution is 2.40. The first kappa shape index (κ1) is 12.5. The van der Waals surface area contributed by atoms with Gasteiger partial charge in [0.15, 0.2) is 11.5 Å². The van der Waals surface area contributed by atoms with Crippen molar-refractivity contribution in [3.05, 3.63) is 17.7 Å². The van der Waals surface area contributed by atoms with Crippen LogP contribution in [-0.4, -0.2) is 31.4 Å². The van der Waals surface area contributed by atoms with Crippen molar-refractivity contribution >= 4 is 5.97 Å². The Hall–Kier alpha value is -1.91. The molecular weight excluding hydrogens is 236 g/mol. The number of hydrogen-bond donors (Lipinski definition) is 1. The Morgan fingerprint density at radius 3 is 2.83 bits per heavy atom. The number of carboxylic acids is 1. The van der Waals surface area contributed by atoms with E-state index in [1.54, 1.807) is 26.2 Å². The number of benzene rings is 1. The highest BCUT2D eigenvalue weighted by atomic mass is 16.6. The minimum atomic E-state index is -0.841. The Kier molecular flexibility index (Phi) is 3.60. The summed E-state index contributed by atoms with van der Waals surface area (Å²) in [5.41, 5.74) is 0.754. The van der Waals surface area contributed by atoms with Gasteiger partial charge in [-0.25, -0.2) is 0 Å². The molecule has 0 amide bonds. The van der Waals surface area contributed by atoms with Crippen molar-refractivity contribution in [3.8, 4) is 17.2 Å². The SMILES string of the molecule is COc1ccc2c(c1CC(C)C(=O)O)OCCO2. The van der Waals surface area contributed by atoms with E-state index >= 15 is 0 Å². The smallest absolute Gasteiger partial charge is 0.306 e. The van der Waals surface area contributed by atoms with E-state index in [2.05, 4.69) is 0 Å². The maximum Gasteiger partial charge on any atom is 0.306 e. The van der Waals surface area contributed by atoms with Gasteiger partial charge >= 0.3 is 5.97 Å². The zero-order chi connectivity index (χ0) is 13.1. The molecule has 0 aliphatic carbocycles. The molecule has 5 nitrogen and oxygen atoms in total. The molecule has 1 aromatic carbocycles. The second-order valence-electron chi connectivity index (χ2n) is 4.21. The van der Waals surface area contributed by atoms with Crippen LogP contribution in [0.25, 0.3) is 0 Å². The van der Waals surface area contributed by atoms with E-state index in [1.165, 1.54) is 0 Å². The summed E-state index contributed by atoms with van der Waals surface area (Å²) in [5, 5.41) is 9.00. The van der Waals surface area contributed by atoms with Gasteiger partial charge in [0.25, 0.3) is 0 Å². The molecule has 0 bridgehead atoms. The molecule has 0 spiro atoms. The first-order valence-electron chi connectivity index (χ1n) is 5.81. The number of hydrogen-bond acceptors (Lipinski definition) is 4.